The third-order valence-electron chi connectivity index (χ3n) is 2.92. The highest BCUT2D eigenvalue weighted by Crippen LogP contribution is 2.37. The van der Waals surface area contributed by atoms with Crippen LogP contribution in [0.25, 0.3) is 0 Å². The molecule has 0 aliphatic rings. The number of hydrogen-bond acceptors (Lipinski definition) is 4. The van der Waals surface area contributed by atoms with E-state index in [4.69, 9.17) is 16.3 Å². The Morgan fingerprint density at radius 3 is 2.52 bits per heavy atom. The molecular weight excluding hydrogens is 380 g/mol. The number of para-hydroxylation sites is 1. The van der Waals surface area contributed by atoms with Gasteiger partial charge in [-0.3, -0.25) is 0 Å². The molecule has 2 aromatic carbocycles. The lowest BCUT2D eigenvalue weighted by Gasteiger charge is -2.16. The summed E-state index contributed by atoms with van der Waals surface area (Å²) in [6.45, 7) is 0.223. The second-order valence-electron chi connectivity index (χ2n) is 4.62. The number of halogens is 1. The Morgan fingerprint density at radius 2 is 1.96 bits per heavy atom. The lowest BCUT2D eigenvalue weighted by Crippen LogP contribution is -2.15. The van der Waals surface area contributed by atoms with E-state index in [-0.39, 0.29) is 17.2 Å². The van der Waals surface area contributed by atoms with Gasteiger partial charge in [-0.05, 0) is 29.8 Å². The summed E-state index contributed by atoms with van der Waals surface area (Å²) in [5.74, 6) is 3.06. The Kier molecular flexibility index (Phi) is 5.66. The third-order valence-corrected chi connectivity index (χ3v) is 4.48. The molecule has 0 aromatic heterocycles. The fraction of sp³-hybridized carbons (Fsp3) is 0.125. The summed E-state index contributed by atoms with van der Waals surface area (Å²) in [5, 5.41) is 8.77. The van der Waals surface area contributed by atoms with Crippen LogP contribution in [0.3, 0.4) is 0 Å². The number of nitrogens with two attached hydrogens (primary N) is 1. The lowest BCUT2D eigenvalue weighted by atomic mass is 10.2. The van der Waals surface area contributed by atoms with Crippen molar-refractivity contribution in [2.24, 2.45) is 5.14 Å². The van der Waals surface area contributed by atoms with Gasteiger partial charge >= 0.3 is 0 Å². The van der Waals surface area contributed by atoms with Crippen molar-refractivity contribution in [1.29, 1.82) is 0 Å². The predicted molar refractivity (Wildman–Crippen MR) is 94.3 cm³/mol. The highest BCUT2D eigenvalue weighted by Gasteiger charge is 2.21. The number of nitrogens with one attached hydrogen (secondary N) is 1. The fourth-order valence-electron chi connectivity index (χ4n) is 1.94. The van der Waals surface area contributed by atoms with Crippen LogP contribution in [0.15, 0.2) is 47.4 Å². The van der Waals surface area contributed by atoms with E-state index in [9.17, 15) is 8.42 Å². The van der Waals surface area contributed by atoms with Crippen molar-refractivity contribution in [3.63, 3.8) is 0 Å². The van der Waals surface area contributed by atoms with E-state index in [1.165, 1.54) is 6.07 Å². The van der Waals surface area contributed by atoms with Crippen molar-refractivity contribution in [3.8, 4) is 23.8 Å². The molecule has 5 nitrogen and oxygen atoms in total. The van der Waals surface area contributed by atoms with Crippen LogP contribution in [0, 0.1) is 12.3 Å². The summed E-state index contributed by atoms with van der Waals surface area (Å²) in [6, 6.07) is 12.1. The number of anilines is 1. The van der Waals surface area contributed by atoms with E-state index in [2.05, 4.69) is 27.2 Å². The van der Waals surface area contributed by atoms with Crippen molar-refractivity contribution >= 4 is 31.6 Å². The SMILES string of the molecule is C#CCNc1cc(CBr)cc(S(N)(=O)=O)c1Oc1ccccc1. The van der Waals surface area contributed by atoms with Crippen LogP contribution in [0.5, 0.6) is 11.5 Å². The maximum absolute atomic E-state index is 12.0. The molecule has 23 heavy (non-hydrogen) atoms. The molecule has 0 aliphatic heterocycles. The molecule has 3 N–H and O–H groups in total. The number of terminal acetylenes is 1. The first kappa shape index (κ1) is 17.3. The van der Waals surface area contributed by atoms with Crippen LogP contribution >= 0.6 is 15.9 Å². The van der Waals surface area contributed by atoms with Crippen molar-refractivity contribution in [1.82, 2.24) is 0 Å². The molecule has 0 aliphatic carbocycles. The van der Waals surface area contributed by atoms with Crippen LogP contribution in [0.1, 0.15) is 5.56 Å². The van der Waals surface area contributed by atoms with Gasteiger partial charge in [0, 0.05) is 5.33 Å². The monoisotopic (exact) mass is 394 g/mol. The van der Waals surface area contributed by atoms with Gasteiger partial charge in [0.2, 0.25) is 10.0 Å². The number of primary sulfonamides is 1. The van der Waals surface area contributed by atoms with E-state index in [1.54, 1.807) is 30.3 Å². The molecule has 0 atom stereocenters. The standard InChI is InChI=1S/C16H15BrN2O3S/c1-2-8-19-14-9-12(11-17)10-15(23(18,20)21)16(14)22-13-6-4-3-5-7-13/h1,3-7,9-10,19H,8,11H2,(H2,18,20,21). The topological polar surface area (TPSA) is 81.4 Å². The maximum Gasteiger partial charge on any atom is 0.241 e. The van der Waals surface area contributed by atoms with E-state index in [0.29, 0.717) is 16.8 Å². The van der Waals surface area contributed by atoms with Crippen LogP contribution in [0.2, 0.25) is 0 Å². The number of sulfonamides is 1. The Hall–Kier alpha value is -2.01. The van der Waals surface area contributed by atoms with Gasteiger partial charge in [0.05, 0.1) is 12.2 Å². The molecule has 0 bridgehead atoms. The van der Waals surface area contributed by atoms with E-state index in [1.807, 2.05) is 6.07 Å². The van der Waals surface area contributed by atoms with E-state index >= 15 is 0 Å². The first-order valence-corrected chi connectivity index (χ1v) is 9.28. The van der Waals surface area contributed by atoms with Gasteiger partial charge in [-0.25, -0.2) is 13.6 Å². The van der Waals surface area contributed by atoms with Crippen LogP contribution in [0.4, 0.5) is 5.69 Å². The minimum absolute atomic E-state index is 0.0992. The summed E-state index contributed by atoms with van der Waals surface area (Å²) >= 11 is 3.31. The molecule has 120 valence electrons. The Balaban J connectivity index is 2.61. The molecule has 0 radical (unpaired) electrons. The van der Waals surface area contributed by atoms with Crippen LogP contribution < -0.4 is 15.2 Å². The predicted octanol–water partition coefficient (Wildman–Crippen LogP) is 3.07. The Labute approximate surface area is 144 Å². The van der Waals surface area contributed by atoms with Crippen molar-refractivity contribution in [3.05, 3.63) is 48.0 Å². The molecule has 0 unspecified atom stereocenters. The number of benzene rings is 2. The van der Waals surface area contributed by atoms with E-state index in [0.717, 1.165) is 5.56 Å². The molecule has 0 amide bonds. The molecule has 0 spiro atoms. The van der Waals surface area contributed by atoms with Gasteiger partial charge in [-0.15, -0.1) is 6.42 Å². The molecule has 2 rings (SSSR count). The first-order chi connectivity index (χ1) is 11.0. The summed E-state index contributed by atoms with van der Waals surface area (Å²) in [7, 11) is -3.97. The molecule has 0 fully saturated rings. The van der Waals surface area contributed by atoms with Gasteiger partial charge < -0.3 is 10.1 Å². The second-order valence-corrected chi connectivity index (χ2v) is 6.71. The quantitative estimate of drug-likeness (QED) is 0.582. The molecule has 0 saturated heterocycles. The summed E-state index contributed by atoms with van der Waals surface area (Å²) in [6.07, 6.45) is 5.27. The number of rotatable bonds is 6. The number of alkyl halides is 1. The van der Waals surface area contributed by atoms with E-state index < -0.39 is 10.0 Å². The van der Waals surface area contributed by atoms with Gasteiger partial charge in [-0.1, -0.05) is 40.0 Å². The van der Waals surface area contributed by atoms with Crippen LogP contribution in [-0.2, 0) is 15.4 Å². The van der Waals surface area contributed by atoms with Crippen molar-refractivity contribution in [2.45, 2.75) is 10.2 Å². The molecule has 0 heterocycles. The van der Waals surface area contributed by atoms with Gasteiger partial charge in [-0.2, -0.15) is 0 Å². The zero-order valence-electron chi connectivity index (χ0n) is 12.1. The normalized spacial score (nSPS) is 10.8. The highest BCUT2D eigenvalue weighted by atomic mass is 79.9. The highest BCUT2D eigenvalue weighted by molar-refractivity contribution is 9.08. The molecule has 2 aromatic rings. The minimum atomic E-state index is -3.97. The third kappa shape index (κ3) is 4.48. The number of ether oxygens (including phenoxy) is 1. The zero-order valence-corrected chi connectivity index (χ0v) is 14.5. The Bertz CT molecular complexity index is 830. The van der Waals surface area contributed by atoms with Gasteiger partial charge in [0.1, 0.15) is 10.6 Å². The molecular formula is C16H15BrN2O3S. The lowest BCUT2D eigenvalue weighted by molar-refractivity contribution is 0.469. The van der Waals surface area contributed by atoms with Crippen LogP contribution in [-0.4, -0.2) is 15.0 Å². The summed E-state index contributed by atoms with van der Waals surface area (Å²) < 4.78 is 29.7. The van der Waals surface area contributed by atoms with Crippen molar-refractivity contribution < 1.29 is 13.2 Å². The van der Waals surface area contributed by atoms with Gasteiger partial charge in [0.25, 0.3) is 0 Å². The smallest absolute Gasteiger partial charge is 0.241 e. The first-order valence-electron chi connectivity index (χ1n) is 6.61. The zero-order chi connectivity index (χ0) is 16.9. The second kappa shape index (κ2) is 7.51. The summed E-state index contributed by atoms with van der Waals surface area (Å²) in [5.41, 5.74) is 1.20. The van der Waals surface area contributed by atoms with Gasteiger partial charge in [0.15, 0.2) is 5.75 Å². The largest absolute Gasteiger partial charge is 0.454 e. The maximum atomic E-state index is 12.0. The Morgan fingerprint density at radius 1 is 1.26 bits per heavy atom. The average Bonchev–Trinajstić information content (AvgIpc) is 2.53. The summed E-state index contributed by atoms with van der Waals surface area (Å²) in [4.78, 5) is -0.0992. The molecule has 7 heteroatoms. The minimum Gasteiger partial charge on any atom is -0.454 e. The number of hydrogen-bond donors (Lipinski definition) is 2. The molecule has 0 saturated carbocycles. The average molecular weight is 395 g/mol. The van der Waals surface area contributed by atoms with Crippen molar-refractivity contribution in [2.75, 3.05) is 11.9 Å². The fourth-order valence-corrected chi connectivity index (χ4v) is 2.99.